The third-order valence-electron chi connectivity index (χ3n) is 5.50. The molecular formula is C23H23N4O3S+. The lowest BCUT2D eigenvalue weighted by molar-refractivity contribution is -0.895. The summed E-state index contributed by atoms with van der Waals surface area (Å²) in [4.78, 5) is 13.7. The normalized spacial score (nSPS) is 15.5. The largest absolute Gasteiger partial charge is 0.325 e. The average molecular weight is 436 g/mol. The Hall–Kier alpha value is -3.25. The van der Waals surface area contributed by atoms with E-state index in [1.54, 1.807) is 36.4 Å². The van der Waals surface area contributed by atoms with Crippen LogP contribution >= 0.6 is 0 Å². The molecular weight excluding hydrogens is 412 g/mol. The number of nitriles is 1. The molecule has 0 saturated carbocycles. The fourth-order valence-corrected chi connectivity index (χ4v) is 5.23. The van der Waals surface area contributed by atoms with Crippen LogP contribution in [0.2, 0.25) is 0 Å². The molecule has 0 spiro atoms. The number of hydrogen-bond donors (Lipinski definition) is 2. The Labute approximate surface area is 181 Å². The summed E-state index contributed by atoms with van der Waals surface area (Å²) in [5.74, 6) is -0.134. The zero-order chi connectivity index (χ0) is 21.8. The van der Waals surface area contributed by atoms with Crippen molar-refractivity contribution in [1.29, 1.82) is 5.26 Å². The molecule has 1 aliphatic rings. The van der Waals surface area contributed by atoms with Crippen LogP contribution in [0.25, 0.3) is 10.8 Å². The monoisotopic (exact) mass is 435 g/mol. The number of nitrogens with one attached hydrogen (secondary N) is 2. The number of nitrogens with zero attached hydrogens (tertiary/aromatic N) is 2. The van der Waals surface area contributed by atoms with Gasteiger partial charge >= 0.3 is 0 Å². The van der Waals surface area contributed by atoms with Crippen molar-refractivity contribution in [3.05, 3.63) is 72.3 Å². The minimum atomic E-state index is -3.57. The number of hydrogen-bond acceptors (Lipinski definition) is 4. The zero-order valence-electron chi connectivity index (χ0n) is 16.9. The van der Waals surface area contributed by atoms with Crippen LogP contribution in [-0.2, 0) is 14.8 Å². The first kappa shape index (κ1) is 21.0. The number of anilines is 1. The van der Waals surface area contributed by atoms with Gasteiger partial charge in [-0.15, -0.1) is 0 Å². The predicted molar refractivity (Wildman–Crippen MR) is 118 cm³/mol. The molecule has 158 valence electrons. The molecule has 1 heterocycles. The highest BCUT2D eigenvalue weighted by Crippen LogP contribution is 2.21. The molecule has 7 nitrogen and oxygen atoms in total. The Morgan fingerprint density at radius 3 is 2.35 bits per heavy atom. The van der Waals surface area contributed by atoms with Gasteiger partial charge in [-0.3, -0.25) is 4.79 Å². The van der Waals surface area contributed by atoms with E-state index >= 15 is 0 Å². The Kier molecular flexibility index (Phi) is 6.00. The van der Waals surface area contributed by atoms with Crippen molar-refractivity contribution in [2.45, 2.75) is 4.90 Å². The van der Waals surface area contributed by atoms with E-state index in [1.165, 1.54) is 4.31 Å². The molecule has 3 aromatic carbocycles. The number of piperazine rings is 1. The topological polar surface area (TPSA) is 94.7 Å². The fourth-order valence-electron chi connectivity index (χ4n) is 3.76. The lowest BCUT2D eigenvalue weighted by Gasteiger charge is -2.31. The number of carbonyl (C=O) groups is 1. The molecule has 0 aromatic heterocycles. The van der Waals surface area contributed by atoms with Crippen molar-refractivity contribution >= 4 is 32.4 Å². The van der Waals surface area contributed by atoms with Crippen molar-refractivity contribution in [2.75, 3.05) is 38.0 Å². The van der Waals surface area contributed by atoms with Crippen LogP contribution in [-0.4, -0.2) is 51.4 Å². The van der Waals surface area contributed by atoms with E-state index in [2.05, 4.69) is 5.32 Å². The molecule has 1 fully saturated rings. The van der Waals surface area contributed by atoms with Crippen molar-refractivity contribution in [2.24, 2.45) is 0 Å². The van der Waals surface area contributed by atoms with Gasteiger partial charge in [0.05, 0.1) is 42.7 Å². The van der Waals surface area contributed by atoms with Gasteiger partial charge in [-0.2, -0.15) is 9.57 Å². The zero-order valence-corrected chi connectivity index (χ0v) is 17.7. The molecule has 0 unspecified atom stereocenters. The van der Waals surface area contributed by atoms with Gasteiger partial charge in [0, 0.05) is 5.69 Å². The van der Waals surface area contributed by atoms with Crippen LogP contribution in [0.1, 0.15) is 5.56 Å². The van der Waals surface area contributed by atoms with Crippen molar-refractivity contribution < 1.29 is 18.1 Å². The highest BCUT2D eigenvalue weighted by atomic mass is 32.2. The number of carbonyl (C=O) groups excluding carboxylic acids is 1. The standard InChI is InChI=1S/C23H22N4O3S/c24-16-18-5-8-21(9-6-18)25-23(28)17-26-11-13-27(14-12-26)31(29,30)22-10-7-19-3-1-2-4-20(19)15-22/h1-10,15H,11-14,17H2,(H,25,28)/p+1. The molecule has 0 bridgehead atoms. The smallest absolute Gasteiger partial charge is 0.279 e. The van der Waals surface area contributed by atoms with Crippen LogP contribution in [0.3, 0.4) is 0 Å². The summed E-state index contributed by atoms with van der Waals surface area (Å²) in [6.45, 7) is 2.13. The maximum Gasteiger partial charge on any atom is 0.279 e. The first-order valence-corrected chi connectivity index (χ1v) is 11.5. The number of benzene rings is 3. The van der Waals surface area contributed by atoms with Gasteiger partial charge in [0.15, 0.2) is 6.54 Å². The number of rotatable bonds is 5. The van der Waals surface area contributed by atoms with Crippen LogP contribution in [0, 0.1) is 11.3 Å². The summed E-state index contributed by atoms with van der Waals surface area (Å²) in [5.41, 5.74) is 1.17. The summed E-state index contributed by atoms with van der Waals surface area (Å²) in [6, 6.07) is 21.6. The quantitative estimate of drug-likeness (QED) is 0.631. The van der Waals surface area contributed by atoms with E-state index in [1.807, 2.05) is 36.4 Å². The summed E-state index contributed by atoms with van der Waals surface area (Å²) < 4.78 is 27.6. The summed E-state index contributed by atoms with van der Waals surface area (Å²) in [5, 5.41) is 13.6. The van der Waals surface area contributed by atoms with E-state index in [0.29, 0.717) is 42.3 Å². The minimum Gasteiger partial charge on any atom is -0.325 e. The highest BCUT2D eigenvalue weighted by molar-refractivity contribution is 7.89. The van der Waals surface area contributed by atoms with E-state index in [0.717, 1.165) is 15.7 Å². The molecule has 0 radical (unpaired) electrons. The third-order valence-corrected chi connectivity index (χ3v) is 7.39. The molecule has 0 atom stereocenters. The second kappa shape index (κ2) is 8.86. The molecule has 31 heavy (non-hydrogen) atoms. The van der Waals surface area contributed by atoms with E-state index in [-0.39, 0.29) is 12.5 Å². The number of amides is 1. The Morgan fingerprint density at radius 1 is 1.00 bits per heavy atom. The van der Waals surface area contributed by atoms with Crippen LogP contribution < -0.4 is 10.2 Å². The summed E-state index contributed by atoms with van der Waals surface area (Å²) in [7, 11) is -3.57. The lowest BCUT2D eigenvalue weighted by Crippen LogP contribution is -3.15. The van der Waals surface area contributed by atoms with E-state index in [4.69, 9.17) is 5.26 Å². The summed E-state index contributed by atoms with van der Waals surface area (Å²) in [6.07, 6.45) is 0. The SMILES string of the molecule is N#Cc1ccc(NC(=O)C[NH+]2CCN(S(=O)(=O)c3ccc4ccccc4c3)CC2)cc1. The third kappa shape index (κ3) is 4.75. The van der Waals surface area contributed by atoms with E-state index < -0.39 is 10.0 Å². The van der Waals surface area contributed by atoms with Gasteiger partial charge in [0.25, 0.3) is 5.91 Å². The lowest BCUT2D eigenvalue weighted by atomic mass is 10.1. The second-order valence-corrected chi connectivity index (χ2v) is 9.52. The van der Waals surface area contributed by atoms with Crippen LogP contribution in [0.5, 0.6) is 0 Å². The maximum atomic E-state index is 13.1. The Balaban J connectivity index is 1.35. The van der Waals surface area contributed by atoms with Gasteiger partial charge in [-0.25, -0.2) is 8.42 Å². The molecule has 3 aromatic rings. The first-order chi connectivity index (χ1) is 15.0. The second-order valence-electron chi connectivity index (χ2n) is 7.58. The molecule has 0 aliphatic carbocycles. The molecule has 1 saturated heterocycles. The minimum absolute atomic E-state index is 0.134. The number of fused-ring (bicyclic) bond motifs is 1. The predicted octanol–water partition coefficient (Wildman–Crippen LogP) is 1.24. The van der Waals surface area contributed by atoms with Crippen molar-refractivity contribution in [3.8, 4) is 6.07 Å². The van der Waals surface area contributed by atoms with Gasteiger partial charge in [-0.05, 0) is 47.2 Å². The van der Waals surface area contributed by atoms with Gasteiger partial charge in [0.2, 0.25) is 10.0 Å². The Bertz CT molecular complexity index is 1240. The molecule has 1 amide bonds. The van der Waals surface area contributed by atoms with Crippen molar-refractivity contribution in [1.82, 2.24) is 4.31 Å². The van der Waals surface area contributed by atoms with Crippen molar-refractivity contribution in [3.63, 3.8) is 0 Å². The van der Waals surface area contributed by atoms with Gasteiger partial charge in [-0.1, -0.05) is 30.3 Å². The number of sulfonamides is 1. The maximum absolute atomic E-state index is 13.1. The highest BCUT2D eigenvalue weighted by Gasteiger charge is 2.31. The molecule has 8 heteroatoms. The van der Waals surface area contributed by atoms with Crippen LogP contribution in [0.4, 0.5) is 5.69 Å². The molecule has 4 rings (SSSR count). The van der Waals surface area contributed by atoms with Gasteiger partial charge < -0.3 is 10.2 Å². The fraction of sp³-hybridized carbons (Fsp3) is 0.217. The molecule has 2 N–H and O–H groups in total. The summed E-state index contributed by atoms with van der Waals surface area (Å²) >= 11 is 0. The molecule has 1 aliphatic heterocycles. The average Bonchev–Trinajstić information content (AvgIpc) is 2.79. The van der Waals surface area contributed by atoms with Crippen LogP contribution in [0.15, 0.2) is 71.6 Å². The van der Waals surface area contributed by atoms with E-state index in [9.17, 15) is 13.2 Å². The Morgan fingerprint density at radius 2 is 1.68 bits per heavy atom. The van der Waals surface area contributed by atoms with Gasteiger partial charge in [0.1, 0.15) is 0 Å². The number of quaternary nitrogens is 1. The first-order valence-electron chi connectivity index (χ1n) is 10.1.